The number of nitrogens with one attached hydrogen (secondary N) is 2. The monoisotopic (exact) mass is 503 g/mol. The third kappa shape index (κ3) is 8.07. The van der Waals surface area contributed by atoms with Gasteiger partial charge in [0.15, 0.2) is 11.5 Å². The van der Waals surface area contributed by atoms with E-state index in [1.54, 1.807) is 20.4 Å². The molecule has 7 nitrogen and oxygen atoms in total. The van der Waals surface area contributed by atoms with E-state index in [4.69, 9.17) is 25.8 Å². The van der Waals surface area contributed by atoms with E-state index in [-0.39, 0.29) is 31.4 Å². The average Bonchev–Trinajstić information content (AvgIpc) is 3.21. The van der Waals surface area contributed by atoms with Crippen molar-refractivity contribution >= 4 is 36.4 Å². The Hall–Kier alpha value is -2.16. The number of benzene rings is 2. The molecule has 10 heteroatoms. The molecule has 1 aromatic heterocycles. The SMILES string of the molecule is COc1ccc(CCNC[C@H](O)COc2ccc(-c3nc(Cl)c[nH]3)cc2)cc1OC.Cl.Cl. The minimum absolute atomic E-state index is 0. The molecular formula is C22H28Cl3N3O4. The number of hydrogen-bond donors (Lipinski definition) is 3. The molecule has 0 unspecified atom stereocenters. The molecule has 0 saturated heterocycles. The van der Waals surface area contributed by atoms with Crippen molar-refractivity contribution in [1.82, 2.24) is 15.3 Å². The lowest BCUT2D eigenvalue weighted by atomic mass is 10.1. The summed E-state index contributed by atoms with van der Waals surface area (Å²) in [6.07, 6.45) is 1.83. The third-order valence-corrected chi connectivity index (χ3v) is 4.73. The highest BCUT2D eigenvalue weighted by molar-refractivity contribution is 6.29. The second-order valence-electron chi connectivity index (χ2n) is 6.70. The molecule has 0 saturated carbocycles. The van der Waals surface area contributed by atoms with Crippen LogP contribution in [0.3, 0.4) is 0 Å². The van der Waals surface area contributed by atoms with Crippen molar-refractivity contribution in [3.05, 3.63) is 59.4 Å². The number of H-pyrrole nitrogens is 1. The zero-order valence-corrected chi connectivity index (χ0v) is 20.2. The fourth-order valence-corrected chi connectivity index (χ4v) is 3.08. The highest BCUT2D eigenvalue weighted by Gasteiger charge is 2.08. The Balaban J connectivity index is 0.00000256. The van der Waals surface area contributed by atoms with Crippen LogP contribution in [0.5, 0.6) is 17.2 Å². The first kappa shape index (κ1) is 27.9. The van der Waals surface area contributed by atoms with Gasteiger partial charge in [0.05, 0.1) is 14.2 Å². The van der Waals surface area contributed by atoms with E-state index in [1.165, 1.54) is 0 Å². The van der Waals surface area contributed by atoms with E-state index in [0.717, 1.165) is 24.1 Å². The fraction of sp³-hybridized carbons (Fsp3) is 0.318. The number of rotatable bonds is 11. The van der Waals surface area contributed by atoms with Crippen LogP contribution in [0.25, 0.3) is 11.4 Å². The van der Waals surface area contributed by atoms with Gasteiger partial charge < -0.3 is 29.6 Å². The Morgan fingerprint density at radius 1 is 1.06 bits per heavy atom. The smallest absolute Gasteiger partial charge is 0.160 e. The van der Waals surface area contributed by atoms with Crippen molar-refractivity contribution in [2.45, 2.75) is 12.5 Å². The van der Waals surface area contributed by atoms with Gasteiger partial charge in [-0.05, 0) is 54.9 Å². The number of imidazole rings is 1. The summed E-state index contributed by atoms with van der Waals surface area (Å²) in [6, 6.07) is 13.3. The minimum atomic E-state index is -0.612. The van der Waals surface area contributed by atoms with Gasteiger partial charge in [0, 0.05) is 18.3 Å². The minimum Gasteiger partial charge on any atom is -0.493 e. The number of methoxy groups -OCH3 is 2. The number of halogens is 3. The molecule has 176 valence electrons. The van der Waals surface area contributed by atoms with Crippen molar-refractivity contribution in [3.63, 3.8) is 0 Å². The average molecular weight is 505 g/mol. The topological polar surface area (TPSA) is 88.6 Å². The Bertz CT molecular complexity index is 938. The molecule has 3 aromatic rings. The van der Waals surface area contributed by atoms with Crippen molar-refractivity contribution in [2.75, 3.05) is 33.9 Å². The van der Waals surface area contributed by atoms with Crippen LogP contribution < -0.4 is 19.5 Å². The first-order chi connectivity index (χ1) is 14.6. The van der Waals surface area contributed by atoms with Crippen LogP contribution in [0.1, 0.15) is 5.56 Å². The molecule has 0 aliphatic heterocycles. The van der Waals surface area contributed by atoms with Crippen molar-refractivity contribution in [1.29, 1.82) is 0 Å². The van der Waals surface area contributed by atoms with Crippen LogP contribution in [-0.2, 0) is 6.42 Å². The zero-order valence-electron chi connectivity index (χ0n) is 17.8. The van der Waals surface area contributed by atoms with Crippen molar-refractivity contribution < 1.29 is 19.3 Å². The Kier molecular flexibility index (Phi) is 12.3. The molecule has 3 N–H and O–H groups in total. The number of aromatic nitrogens is 2. The maximum absolute atomic E-state index is 10.1. The van der Waals surface area contributed by atoms with E-state index >= 15 is 0 Å². The maximum Gasteiger partial charge on any atom is 0.160 e. The van der Waals surface area contributed by atoms with Gasteiger partial charge in [0.1, 0.15) is 29.4 Å². The summed E-state index contributed by atoms with van der Waals surface area (Å²) in [5, 5.41) is 13.8. The van der Waals surface area contributed by atoms with E-state index in [9.17, 15) is 5.11 Å². The summed E-state index contributed by atoms with van der Waals surface area (Å²) < 4.78 is 16.2. The van der Waals surface area contributed by atoms with Gasteiger partial charge in [0.25, 0.3) is 0 Å². The summed E-state index contributed by atoms with van der Waals surface area (Å²) in [6.45, 7) is 1.37. The number of hydrogen-bond acceptors (Lipinski definition) is 6. The normalized spacial score (nSPS) is 11.1. The van der Waals surface area contributed by atoms with Gasteiger partial charge >= 0.3 is 0 Å². The van der Waals surface area contributed by atoms with Crippen LogP contribution in [0.2, 0.25) is 5.15 Å². The maximum atomic E-state index is 10.1. The Morgan fingerprint density at radius 2 is 1.78 bits per heavy atom. The fourth-order valence-electron chi connectivity index (χ4n) is 2.95. The van der Waals surface area contributed by atoms with Gasteiger partial charge in [-0.25, -0.2) is 4.98 Å². The first-order valence-electron chi connectivity index (χ1n) is 9.63. The molecule has 0 spiro atoms. The summed E-state index contributed by atoms with van der Waals surface area (Å²) in [5.74, 6) is 2.80. The van der Waals surface area contributed by atoms with Gasteiger partial charge in [-0.3, -0.25) is 0 Å². The molecule has 1 heterocycles. The van der Waals surface area contributed by atoms with E-state index < -0.39 is 6.10 Å². The Labute approximate surface area is 205 Å². The number of nitrogens with zero attached hydrogens (tertiary/aromatic N) is 1. The predicted octanol–water partition coefficient (Wildman–Crippen LogP) is 4.16. The Morgan fingerprint density at radius 3 is 2.41 bits per heavy atom. The van der Waals surface area contributed by atoms with Gasteiger partial charge in [-0.2, -0.15) is 0 Å². The molecule has 0 fully saturated rings. The van der Waals surface area contributed by atoms with Gasteiger partial charge in [0.2, 0.25) is 0 Å². The lowest BCUT2D eigenvalue weighted by molar-refractivity contribution is 0.106. The molecule has 0 radical (unpaired) electrons. The summed E-state index contributed by atoms with van der Waals surface area (Å²) >= 11 is 5.83. The van der Waals surface area contributed by atoms with Crippen LogP contribution in [-0.4, -0.2) is 55.1 Å². The molecule has 1 atom stereocenters. The summed E-state index contributed by atoms with van der Waals surface area (Å²) in [7, 11) is 3.24. The van der Waals surface area contributed by atoms with Crippen LogP contribution in [0, 0.1) is 0 Å². The summed E-state index contributed by atoms with van der Waals surface area (Å²) in [4.78, 5) is 7.17. The van der Waals surface area contributed by atoms with E-state index in [0.29, 0.717) is 34.8 Å². The quantitative estimate of drug-likeness (QED) is 0.340. The number of ether oxygens (including phenoxy) is 3. The largest absolute Gasteiger partial charge is 0.493 e. The number of aliphatic hydroxyl groups is 1. The molecule has 0 bridgehead atoms. The van der Waals surface area contributed by atoms with Crippen molar-refractivity contribution in [2.24, 2.45) is 0 Å². The van der Waals surface area contributed by atoms with Crippen LogP contribution >= 0.6 is 36.4 Å². The van der Waals surface area contributed by atoms with Crippen LogP contribution in [0.4, 0.5) is 0 Å². The molecular weight excluding hydrogens is 477 g/mol. The van der Waals surface area contributed by atoms with E-state index in [2.05, 4.69) is 15.3 Å². The van der Waals surface area contributed by atoms with Crippen molar-refractivity contribution in [3.8, 4) is 28.6 Å². The lowest BCUT2D eigenvalue weighted by Crippen LogP contribution is -2.32. The zero-order chi connectivity index (χ0) is 21.3. The first-order valence-corrected chi connectivity index (χ1v) is 10.0. The second kappa shape index (κ2) is 14.1. The predicted molar refractivity (Wildman–Crippen MR) is 131 cm³/mol. The molecule has 0 aliphatic carbocycles. The molecule has 3 rings (SSSR count). The standard InChI is InChI=1S/C22H26ClN3O4.2ClH/c1-28-19-8-3-15(11-20(19)29-2)9-10-24-12-17(27)14-30-18-6-4-16(5-7-18)22-25-13-21(23)26-22;;/h3-8,11,13,17,24,27H,9-10,12,14H2,1-2H3,(H,25,26);2*1H/t17-;;/m0../s1. The molecule has 0 amide bonds. The third-order valence-electron chi connectivity index (χ3n) is 4.54. The summed E-state index contributed by atoms with van der Waals surface area (Å²) in [5.41, 5.74) is 2.04. The molecule has 0 aliphatic rings. The lowest BCUT2D eigenvalue weighted by Gasteiger charge is -2.14. The van der Waals surface area contributed by atoms with Gasteiger partial charge in [-0.1, -0.05) is 17.7 Å². The number of aromatic amines is 1. The highest BCUT2D eigenvalue weighted by atomic mass is 35.5. The molecule has 32 heavy (non-hydrogen) atoms. The highest BCUT2D eigenvalue weighted by Crippen LogP contribution is 2.27. The van der Waals surface area contributed by atoms with Gasteiger partial charge in [-0.15, -0.1) is 24.8 Å². The number of aliphatic hydroxyl groups excluding tert-OH is 1. The van der Waals surface area contributed by atoms with E-state index in [1.807, 2.05) is 42.5 Å². The van der Waals surface area contributed by atoms with Crippen LogP contribution in [0.15, 0.2) is 48.7 Å². The molecule has 2 aromatic carbocycles. The second-order valence-corrected chi connectivity index (χ2v) is 7.09.